The van der Waals surface area contributed by atoms with Crippen LogP contribution in [-0.2, 0) is 16.0 Å². The number of carbonyl (C=O) groups is 2. The fraction of sp³-hybridized carbons (Fsp3) is 0.217. The number of fused-ring (bicyclic) bond motifs is 1. The largest absolute Gasteiger partial charge is 0.507 e. The van der Waals surface area contributed by atoms with Gasteiger partial charge in [0, 0.05) is 24.1 Å². The molecule has 0 saturated carbocycles. The SMILES string of the molecule is Cc1nnc(N2C(=O)C(=O)/C(=C(/O)c3ccc4c(c3)CC(C)O4)C2c2ccc([N+](=O)[O-])cc2)s1. The van der Waals surface area contributed by atoms with Crippen LogP contribution in [0.2, 0.25) is 0 Å². The first-order chi connectivity index (χ1) is 16.2. The van der Waals surface area contributed by atoms with Crippen molar-refractivity contribution in [1.82, 2.24) is 10.2 Å². The minimum atomic E-state index is -1.03. The number of Topliss-reactive ketones (excluding diaryl/α,β-unsaturated/α-hetero) is 1. The van der Waals surface area contributed by atoms with Gasteiger partial charge in [-0.1, -0.05) is 11.3 Å². The van der Waals surface area contributed by atoms with Crippen molar-refractivity contribution in [1.29, 1.82) is 0 Å². The number of aliphatic hydroxyl groups is 1. The van der Waals surface area contributed by atoms with Crippen molar-refractivity contribution < 1.29 is 24.4 Å². The van der Waals surface area contributed by atoms with Crippen molar-refractivity contribution in [2.45, 2.75) is 32.4 Å². The summed E-state index contributed by atoms with van der Waals surface area (Å²) in [5.74, 6) is -1.37. The van der Waals surface area contributed by atoms with E-state index in [-0.39, 0.29) is 28.3 Å². The van der Waals surface area contributed by atoms with Crippen LogP contribution in [0.25, 0.3) is 5.76 Å². The number of hydrogen-bond donors (Lipinski definition) is 1. The van der Waals surface area contributed by atoms with Crippen molar-refractivity contribution >= 4 is 39.6 Å². The third-order valence-electron chi connectivity index (χ3n) is 5.75. The number of nitrogens with zero attached hydrogens (tertiary/aromatic N) is 4. The number of ketones is 1. The summed E-state index contributed by atoms with van der Waals surface area (Å²) < 4.78 is 5.71. The maximum absolute atomic E-state index is 13.2. The molecule has 0 bridgehead atoms. The Labute approximate surface area is 197 Å². The Morgan fingerprint density at radius 3 is 2.59 bits per heavy atom. The average molecular weight is 478 g/mol. The van der Waals surface area contributed by atoms with Crippen LogP contribution in [-0.4, -0.2) is 38.0 Å². The molecule has 1 aromatic heterocycles. The van der Waals surface area contributed by atoms with E-state index in [1.54, 1.807) is 25.1 Å². The first-order valence-corrected chi connectivity index (χ1v) is 11.2. The maximum atomic E-state index is 13.2. The molecule has 10 nitrogen and oxygen atoms in total. The summed E-state index contributed by atoms with van der Waals surface area (Å²) in [6, 6.07) is 9.55. The number of nitro benzene ring substituents is 1. The summed E-state index contributed by atoms with van der Waals surface area (Å²) in [4.78, 5) is 38.0. The van der Waals surface area contributed by atoms with E-state index in [4.69, 9.17) is 4.74 Å². The van der Waals surface area contributed by atoms with Gasteiger partial charge < -0.3 is 9.84 Å². The lowest BCUT2D eigenvalue weighted by atomic mass is 9.94. The fourth-order valence-corrected chi connectivity index (χ4v) is 4.95. The van der Waals surface area contributed by atoms with Crippen LogP contribution >= 0.6 is 11.3 Å². The van der Waals surface area contributed by atoms with Gasteiger partial charge in [0.2, 0.25) is 5.13 Å². The summed E-state index contributed by atoms with van der Waals surface area (Å²) in [6.45, 7) is 3.65. The first-order valence-electron chi connectivity index (χ1n) is 10.4. The van der Waals surface area contributed by atoms with Gasteiger partial charge in [0.05, 0.1) is 16.5 Å². The van der Waals surface area contributed by atoms with E-state index in [1.165, 1.54) is 29.2 Å². The lowest BCUT2D eigenvalue weighted by Gasteiger charge is -2.22. The predicted molar refractivity (Wildman–Crippen MR) is 123 cm³/mol. The number of rotatable bonds is 4. The van der Waals surface area contributed by atoms with Crippen molar-refractivity contribution in [2.75, 3.05) is 4.90 Å². The molecule has 0 spiro atoms. The summed E-state index contributed by atoms with van der Waals surface area (Å²) in [5, 5.41) is 31.1. The third-order valence-corrected chi connectivity index (χ3v) is 6.59. The number of ether oxygens (including phenoxy) is 1. The molecular weight excluding hydrogens is 460 g/mol. The lowest BCUT2D eigenvalue weighted by Crippen LogP contribution is -2.29. The van der Waals surface area contributed by atoms with Gasteiger partial charge in [-0.25, -0.2) is 0 Å². The van der Waals surface area contributed by atoms with Crippen LogP contribution in [0, 0.1) is 17.0 Å². The fourth-order valence-electron chi connectivity index (χ4n) is 4.23. The van der Waals surface area contributed by atoms with E-state index in [1.807, 2.05) is 6.92 Å². The predicted octanol–water partition coefficient (Wildman–Crippen LogP) is 3.70. The molecule has 1 saturated heterocycles. The number of nitro groups is 1. The van der Waals surface area contributed by atoms with E-state index in [0.29, 0.717) is 28.3 Å². The van der Waals surface area contributed by atoms with E-state index in [2.05, 4.69) is 10.2 Å². The van der Waals surface area contributed by atoms with Gasteiger partial charge in [0.1, 0.15) is 22.6 Å². The highest BCUT2D eigenvalue weighted by molar-refractivity contribution is 7.15. The summed E-state index contributed by atoms with van der Waals surface area (Å²) in [6.07, 6.45) is 0.652. The number of aromatic nitrogens is 2. The Kier molecular flexibility index (Phi) is 5.13. The number of hydrogen-bond acceptors (Lipinski definition) is 9. The van der Waals surface area contributed by atoms with Gasteiger partial charge in [-0.05, 0) is 55.3 Å². The number of non-ortho nitro benzene ring substituents is 1. The monoisotopic (exact) mass is 478 g/mol. The minimum absolute atomic E-state index is 0.00118. The van der Waals surface area contributed by atoms with E-state index in [0.717, 1.165) is 16.9 Å². The van der Waals surface area contributed by atoms with Crippen molar-refractivity contribution in [3.8, 4) is 5.75 Å². The standard InChI is InChI=1S/C23H18N4O6S/c1-11-9-15-10-14(5-8-17(15)33-11)20(28)18-19(13-3-6-16(7-4-13)27(31)32)26(22(30)21(18)29)23-25-24-12(2)34-23/h3-8,10-11,19,28H,9H2,1-2H3/b20-18+. The molecule has 1 amide bonds. The molecule has 2 aromatic carbocycles. The van der Waals surface area contributed by atoms with E-state index in [9.17, 15) is 24.8 Å². The Balaban J connectivity index is 1.67. The molecule has 3 aromatic rings. The van der Waals surface area contributed by atoms with Gasteiger partial charge in [-0.3, -0.25) is 24.6 Å². The van der Waals surface area contributed by atoms with Crippen LogP contribution in [0.15, 0.2) is 48.0 Å². The van der Waals surface area contributed by atoms with Crippen LogP contribution in [0.4, 0.5) is 10.8 Å². The van der Waals surface area contributed by atoms with Gasteiger partial charge >= 0.3 is 5.91 Å². The highest BCUT2D eigenvalue weighted by Crippen LogP contribution is 2.43. The topological polar surface area (TPSA) is 136 Å². The number of aliphatic hydroxyl groups excluding tert-OH is 1. The van der Waals surface area contributed by atoms with Gasteiger partial charge in [0.25, 0.3) is 11.5 Å². The van der Waals surface area contributed by atoms with Crippen LogP contribution in [0.3, 0.4) is 0 Å². The van der Waals surface area contributed by atoms with Gasteiger partial charge in [0.15, 0.2) is 0 Å². The normalized spacial score (nSPS) is 20.9. The summed E-state index contributed by atoms with van der Waals surface area (Å²) in [5.41, 5.74) is 1.41. The van der Waals surface area contributed by atoms with Crippen LogP contribution < -0.4 is 9.64 Å². The maximum Gasteiger partial charge on any atom is 0.301 e. The van der Waals surface area contributed by atoms with Crippen LogP contribution in [0.5, 0.6) is 5.75 Å². The second-order valence-electron chi connectivity index (χ2n) is 8.08. The molecule has 2 atom stereocenters. The molecule has 1 fully saturated rings. The zero-order valence-electron chi connectivity index (χ0n) is 18.1. The Morgan fingerprint density at radius 2 is 1.94 bits per heavy atom. The number of benzene rings is 2. The second kappa shape index (κ2) is 8.03. The highest BCUT2D eigenvalue weighted by atomic mass is 32.1. The van der Waals surface area contributed by atoms with Gasteiger partial charge in [-0.15, -0.1) is 10.2 Å². The molecule has 2 aliphatic heterocycles. The molecule has 172 valence electrons. The number of anilines is 1. The smallest absolute Gasteiger partial charge is 0.301 e. The zero-order chi connectivity index (χ0) is 24.1. The average Bonchev–Trinajstić information content (AvgIpc) is 3.48. The molecule has 34 heavy (non-hydrogen) atoms. The molecule has 2 aliphatic rings. The highest BCUT2D eigenvalue weighted by Gasteiger charge is 2.48. The molecular formula is C23H18N4O6S. The van der Waals surface area contributed by atoms with E-state index < -0.39 is 22.7 Å². The van der Waals surface area contributed by atoms with Gasteiger partial charge in [-0.2, -0.15) is 0 Å². The van der Waals surface area contributed by atoms with E-state index >= 15 is 0 Å². The minimum Gasteiger partial charge on any atom is -0.507 e. The van der Waals surface area contributed by atoms with Crippen molar-refractivity contribution in [3.05, 3.63) is 79.8 Å². The Morgan fingerprint density at radius 1 is 1.21 bits per heavy atom. The third kappa shape index (κ3) is 3.50. The number of aryl methyl sites for hydroxylation is 1. The first kappa shape index (κ1) is 21.7. The number of carbonyl (C=O) groups excluding carboxylic acids is 2. The molecule has 1 N–H and O–H groups in total. The quantitative estimate of drug-likeness (QED) is 0.197. The Bertz CT molecular complexity index is 1380. The summed E-state index contributed by atoms with van der Waals surface area (Å²) >= 11 is 1.12. The lowest BCUT2D eigenvalue weighted by molar-refractivity contribution is -0.384. The molecule has 0 radical (unpaired) electrons. The Hall–Kier alpha value is -4.12. The zero-order valence-corrected chi connectivity index (χ0v) is 18.9. The summed E-state index contributed by atoms with van der Waals surface area (Å²) in [7, 11) is 0. The van der Waals surface area contributed by atoms with Crippen LogP contribution in [0.1, 0.15) is 34.7 Å². The molecule has 11 heteroatoms. The molecule has 5 rings (SSSR count). The molecule has 2 unspecified atom stereocenters. The molecule has 0 aliphatic carbocycles. The number of amides is 1. The van der Waals surface area contributed by atoms with Crippen molar-refractivity contribution in [3.63, 3.8) is 0 Å². The second-order valence-corrected chi connectivity index (χ2v) is 9.24. The molecule has 3 heterocycles. The van der Waals surface area contributed by atoms with Crippen molar-refractivity contribution in [2.24, 2.45) is 0 Å².